The topological polar surface area (TPSA) is 44.3 Å². The highest BCUT2D eigenvalue weighted by Crippen LogP contribution is 2.22. The third kappa shape index (κ3) is 2.51. The molecule has 1 N–H and O–H groups in total. The van der Waals surface area contributed by atoms with Gasteiger partial charge >= 0.3 is 0 Å². The lowest BCUT2D eigenvalue weighted by atomic mass is 10.2. The van der Waals surface area contributed by atoms with E-state index in [0.717, 1.165) is 41.2 Å². The summed E-state index contributed by atoms with van der Waals surface area (Å²) in [5, 5.41) is 0. The molecular weight excluding hydrogens is 272 g/mol. The van der Waals surface area contributed by atoms with E-state index in [1.807, 2.05) is 54.9 Å². The van der Waals surface area contributed by atoms with Gasteiger partial charge in [-0.2, -0.15) is 0 Å². The fourth-order valence-corrected chi connectivity index (χ4v) is 2.53. The second-order valence-corrected chi connectivity index (χ2v) is 5.32. The number of benzene rings is 2. The van der Waals surface area contributed by atoms with Gasteiger partial charge in [-0.25, -0.2) is 9.98 Å². The highest BCUT2D eigenvalue weighted by atomic mass is 15.1. The number of nitrogens with one attached hydrogen (secondary N) is 1. The number of aliphatic imine (C=N–C) groups is 1. The van der Waals surface area contributed by atoms with Gasteiger partial charge in [0.2, 0.25) is 0 Å². The van der Waals surface area contributed by atoms with Gasteiger partial charge in [-0.3, -0.25) is 0 Å². The first-order chi connectivity index (χ1) is 10.9. The van der Waals surface area contributed by atoms with Gasteiger partial charge in [-0.15, -0.1) is 0 Å². The number of fused-ring (bicyclic) bond motifs is 1. The van der Waals surface area contributed by atoms with Crippen molar-refractivity contribution < 1.29 is 0 Å². The number of imidazole rings is 1. The van der Waals surface area contributed by atoms with E-state index in [2.05, 4.69) is 32.0 Å². The normalized spacial score (nSPS) is 14.5. The lowest BCUT2D eigenvalue weighted by Crippen LogP contribution is -2.16. The highest BCUT2D eigenvalue weighted by Gasteiger charge is 2.05. The lowest BCUT2D eigenvalue weighted by Gasteiger charge is -2.08. The molecule has 4 nitrogen and oxygen atoms in total. The maximum atomic E-state index is 4.61. The van der Waals surface area contributed by atoms with E-state index in [9.17, 15) is 0 Å². The predicted molar refractivity (Wildman–Crippen MR) is 90.4 cm³/mol. The Morgan fingerprint density at radius 3 is 2.55 bits per heavy atom. The summed E-state index contributed by atoms with van der Waals surface area (Å²) in [6.07, 6.45) is 6.20. The Kier molecular flexibility index (Phi) is 3.20. The zero-order valence-corrected chi connectivity index (χ0v) is 12.1. The summed E-state index contributed by atoms with van der Waals surface area (Å²) >= 11 is 0. The molecule has 1 aliphatic heterocycles. The van der Waals surface area contributed by atoms with E-state index in [-0.39, 0.29) is 0 Å². The van der Waals surface area contributed by atoms with Gasteiger partial charge in [-0.1, -0.05) is 24.3 Å². The molecule has 0 fully saturated rings. The van der Waals surface area contributed by atoms with Crippen molar-refractivity contribution in [2.75, 3.05) is 13.1 Å². The molecule has 0 saturated carbocycles. The lowest BCUT2D eigenvalue weighted by molar-refractivity contribution is 0.557. The monoisotopic (exact) mass is 288 g/mol. The number of aromatic nitrogens is 2. The molecular formula is C18H16N4. The molecule has 0 spiro atoms. The van der Waals surface area contributed by atoms with Crippen molar-refractivity contribution in [2.45, 2.75) is 0 Å². The number of rotatable bonds is 3. The number of hydrogen-bond donors (Lipinski definition) is 1. The van der Waals surface area contributed by atoms with Crippen molar-refractivity contribution in [2.24, 2.45) is 4.99 Å². The van der Waals surface area contributed by atoms with Crippen LogP contribution in [0.15, 0.2) is 65.7 Å². The average Bonchev–Trinajstić information content (AvgIpc) is 3.22. The van der Waals surface area contributed by atoms with E-state index in [0.29, 0.717) is 0 Å². The number of aromatic amines is 1. The van der Waals surface area contributed by atoms with Crippen LogP contribution in [0.1, 0.15) is 0 Å². The van der Waals surface area contributed by atoms with Crippen LogP contribution in [-0.4, -0.2) is 34.3 Å². The molecule has 1 aliphatic rings. The van der Waals surface area contributed by atoms with E-state index in [1.165, 1.54) is 0 Å². The second-order valence-electron chi connectivity index (χ2n) is 5.32. The summed E-state index contributed by atoms with van der Waals surface area (Å²) in [6, 6.07) is 16.2. The van der Waals surface area contributed by atoms with Crippen LogP contribution in [0.3, 0.4) is 0 Å². The van der Waals surface area contributed by atoms with Crippen LogP contribution < -0.4 is 0 Å². The summed E-state index contributed by atoms with van der Waals surface area (Å²) in [6.45, 7) is 1.89. The van der Waals surface area contributed by atoms with Crippen molar-refractivity contribution in [3.05, 3.63) is 60.7 Å². The van der Waals surface area contributed by atoms with Crippen LogP contribution in [0.5, 0.6) is 0 Å². The Morgan fingerprint density at radius 1 is 1.00 bits per heavy atom. The number of hydrogen-bond acceptors (Lipinski definition) is 2. The molecule has 2 heterocycles. The smallest absolute Gasteiger partial charge is 0.138 e. The second kappa shape index (κ2) is 5.48. The molecule has 4 heteroatoms. The molecule has 0 radical (unpaired) electrons. The van der Waals surface area contributed by atoms with Gasteiger partial charge in [-0.05, 0) is 36.4 Å². The fraction of sp³-hybridized carbons (Fsp3) is 0.111. The van der Waals surface area contributed by atoms with Crippen LogP contribution in [0.25, 0.3) is 22.4 Å². The third-order valence-electron chi connectivity index (χ3n) is 3.75. The summed E-state index contributed by atoms with van der Waals surface area (Å²) in [7, 11) is 0. The van der Waals surface area contributed by atoms with Gasteiger partial charge in [0.25, 0.3) is 0 Å². The molecule has 2 aromatic carbocycles. The minimum absolute atomic E-state index is 0.889. The summed E-state index contributed by atoms with van der Waals surface area (Å²) < 4.78 is 0. The maximum absolute atomic E-state index is 4.61. The summed E-state index contributed by atoms with van der Waals surface area (Å²) in [5.41, 5.74) is 4.06. The number of nitrogens with zero attached hydrogens (tertiary/aromatic N) is 3. The Balaban J connectivity index is 1.55. The molecule has 4 rings (SSSR count). The van der Waals surface area contributed by atoms with Gasteiger partial charge in [0.15, 0.2) is 0 Å². The molecule has 0 bridgehead atoms. The van der Waals surface area contributed by atoms with E-state index < -0.39 is 0 Å². The quantitative estimate of drug-likeness (QED) is 0.453. The molecule has 0 saturated heterocycles. The average molecular weight is 288 g/mol. The largest absolute Gasteiger partial charge is 0.355 e. The minimum Gasteiger partial charge on any atom is -0.355 e. The molecule has 0 aliphatic carbocycles. The highest BCUT2D eigenvalue weighted by molar-refractivity contribution is 5.79. The van der Waals surface area contributed by atoms with Gasteiger partial charge in [0.1, 0.15) is 5.82 Å². The summed E-state index contributed by atoms with van der Waals surface area (Å²) in [4.78, 5) is 14.6. The van der Waals surface area contributed by atoms with Crippen LogP contribution in [0.4, 0.5) is 5.69 Å². The molecule has 22 heavy (non-hydrogen) atoms. The molecule has 0 amide bonds. The van der Waals surface area contributed by atoms with Gasteiger partial charge < -0.3 is 9.88 Å². The van der Waals surface area contributed by atoms with Crippen LogP contribution in [0, 0.1) is 0 Å². The molecule has 1 aromatic heterocycles. The van der Waals surface area contributed by atoms with E-state index in [1.54, 1.807) is 0 Å². The van der Waals surface area contributed by atoms with Gasteiger partial charge in [0.05, 0.1) is 23.1 Å². The number of para-hydroxylation sites is 2. The zero-order valence-electron chi connectivity index (χ0n) is 12.1. The van der Waals surface area contributed by atoms with E-state index >= 15 is 0 Å². The van der Waals surface area contributed by atoms with Crippen LogP contribution >= 0.6 is 0 Å². The zero-order chi connectivity index (χ0) is 14.8. The van der Waals surface area contributed by atoms with Crippen molar-refractivity contribution >= 4 is 23.1 Å². The SMILES string of the molecule is C1=CCN(C=Nc2ccc(-c3nc4ccccc4[nH]3)cc2)C1. The first kappa shape index (κ1) is 12.8. The molecule has 108 valence electrons. The fourth-order valence-electron chi connectivity index (χ4n) is 2.53. The third-order valence-corrected chi connectivity index (χ3v) is 3.75. The molecule has 3 aromatic rings. The molecule has 0 atom stereocenters. The summed E-state index contributed by atoms with van der Waals surface area (Å²) in [5.74, 6) is 0.889. The van der Waals surface area contributed by atoms with E-state index in [4.69, 9.17) is 0 Å². The Bertz CT molecular complexity index is 802. The Hall–Kier alpha value is -2.88. The van der Waals surface area contributed by atoms with Crippen LogP contribution in [0.2, 0.25) is 0 Å². The Labute approximate surface area is 128 Å². The van der Waals surface area contributed by atoms with Crippen molar-refractivity contribution in [1.29, 1.82) is 0 Å². The predicted octanol–water partition coefficient (Wildman–Crippen LogP) is 3.76. The first-order valence-corrected chi connectivity index (χ1v) is 7.37. The first-order valence-electron chi connectivity index (χ1n) is 7.37. The van der Waals surface area contributed by atoms with Crippen LogP contribution in [-0.2, 0) is 0 Å². The van der Waals surface area contributed by atoms with Crippen molar-refractivity contribution in [1.82, 2.24) is 14.9 Å². The van der Waals surface area contributed by atoms with Crippen molar-refractivity contribution in [3.63, 3.8) is 0 Å². The standard InChI is InChI=1S/C18H16N4/c1-2-6-17-16(5-1)20-18(21-17)14-7-9-15(10-8-14)19-13-22-11-3-4-12-22/h1-10,13H,11-12H2,(H,20,21). The maximum Gasteiger partial charge on any atom is 0.138 e. The van der Waals surface area contributed by atoms with Crippen molar-refractivity contribution in [3.8, 4) is 11.4 Å². The molecule has 0 unspecified atom stereocenters. The minimum atomic E-state index is 0.889. The Morgan fingerprint density at radius 2 is 1.77 bits per heavy atom. The number of H-pyrrole nitrogens is 1. The van der Waals surface area contributed by atoms with Gasteiger partial charge in [0, 0.05) is 18.7 Å².